The molecule has 0 aromatic heterocycles. The summed E-state index contributed by atoms with van der Waals surface area (Å²) in [6.07, 6.45) is 0. The van der Waals surface area contributed by atoms with E-state index in [4.69, 9.17) is 0 Å². The molecule has 1 saturated heterocycles. The van der Waals surface area contributed by atoms with Gasteiger partial charge in [-0.05, 0) is 19.9 Å². The molecule has 2 unspecified atom stereocenters. The molecule has 0 spiro atoms. The first kappa shape index (κ1) is 16.4. The van der Waals surface area contributed by atoms with E-state index in [0.29, 0.717) is 13.1 Å². The van der Waals surface area contributed by atoms with Crippen molar-refractivity contribution >= 4 is 24.0 Å². The Hall–Kier alpha value is -1.66. The lowest BCUT2D eigenvalue weighted by molar-refractivity contribution is -0.385. The summed E-state index contributed by atoms with van der Waals surface area (Å²) in [6, 6.07) is 6.47. The van der Waals surface area contributed by atoms with Crippen molar-refractivity contribution in [2.24, 2.45) is 0 Å². The third-order valence-corrected chi connectivity index (χ3v) is 3.18. The number of nitro benzene ring substituents is 1. The van der Waals surface area contributed by atoms with Gasteiger partial charge in [0.05, 0.1) is 4.92 Å². The first-order chi connectivity index (χ1) is 8.99. The Labute approximate surface area is 123 Å². The molecule has 1 heterocycles. The molecule has 0 aliphatic carbocycles. The van der Waals surface area contributed by atoms with Crippen LogP contribution < -0.4 is 5.32 Å². The Kier molecular flexibility index (Phi) is 5.47. The number of hydrogen-bond donors (Lipinski definition) is 1. The minimum Gasteiger partial charge on any atom is -0.335 e. The summed E-state index contributed by atoms with van der Waals surface area (Å²) < 4.78 is 0. The van der Waals surface area contributed by atoms with Crippen molar-refractivity contribution in [3.05, 3.63) is 39.9 Å². The summed E-state index contributed by atoms with van der Waals surface area (Å²) >= 11 is 0. The Morgan fingerprint density at radius 2 is 1.85 bits per heavy atom. The third-order valence-electron chi connectivity index (χ3n) is 3.18. The standard InChI is InChI=1S/C13H17N3O3.ClH/c1-9-7-15(8-10(2)14-9)13(17)11-5-3-4-6-12(11)16(18)19;/h3-6,9-10,14H,7-8H2,1-2H3;1H. The molecular formula is C13H18ClN3O3. The maximum atomic E-state index is 12.4. The van der Waals surface area contributed by atoms with Crippen LogP contribution >= 0.6 is 12.4 Å². The van der Waals surface area contributed by atoms with Crippen molar-refractivity contribution < 1.29 is 9.72 Å². The Morgan fingerprint density at radius 3 is 2.40 bits per heavy atom. The zero-order chi connectivity index (χ0) is 14.0. The van der Waals surface area contributed by atoms with E-state index in [-0.39, 0.29) is 41.6 Å². The van der Waals surface area contributed by atoms with Crippen LogP contribution in [-0.4, -0.2) is 40.9 Å². The van der Waals surface area contributed by atoms with E-state index in [1.165, 1.54) is 12.1 Å². The number of rotatable bonds is 2. The van der Waals surface area contributed by atoms with Crippen molar-refractivity contribution in [2.75, 3.05) is 13.1 Å². The van der Waals surface area contributed by atoms with Gasteiger partial charge in [-0.2, -0.15) is 0 Å². The average Bonchev–Trinajstić information content (AvgIpc) is 2.36. The number of piperazine rings is 1. The van der Waals surface area contributed by atoms with Gasteiger partial charge in [-0.3, -0.25) is 14.9 Å². The number of para-hydroxylation sites is 1. The van der Waals surface area contributed by atoms with Gasteiger partial charge in [0.25, 0.3) is 11.6 Å². The zero-order valence-electron chi connectivity index (χ0n) is 11.4. The fourth-order valence-electron chi connectivity index (χ4n) is 2.48. The van der Waals surface area contributed by atoms with Crippen molar-refractivity contribution in [2.45, 2.75) is 25.9 Å². The topological polar surface area (TPSA) is 75.5 Å². The second-order valence-electron chi connectivity index (χ2n) is 4.95. The fourth-order valence-corrected chi connectivity index (χ4v) is 2.48. The third kappa shape index (κ3) is 3.46. The van der Waals surface area contributed by atoms with Crippen LogP contribution in [0.25, 0.3) is 0 Å². The van der Waals surface area contributed by atoms with E-state index in [9.17, 15) is 14.9 Å². The van der Waals surface area contributed by atoms with Crippen LogP contribution in [-0.2, 0) is 0 Å². The van der Waals surface area contributed by atoms with E-state index in [2.05, 4.69) is 5.32 Å². The lowest BCUT2D eigenvalue weighted by atomic mass is 10.1. The molecule has 20 heavy (non-hydrogen) atoms. The van der Waals surface area contributed by atoms with Gasteiger partial charge in [0.15, 0.2) is 0 Å². The molecule has 0 bridgehead atoms. The molecule has 1 aromatic rings. The molecule has 1 aromatic carbocycles. The highest BCUT2D eigenvalue weighted by Gasteiger charge is 2.29. The Bertz CT molecular complexity index is 499. The average molecular weight is 300 g/mol. The second kappa shape index (κ2) is 6.67. The van der Waals surface area contributed by atoms with Gasteiger partial charge >= 0.3 is 0 Å². The number of carbonyl (C=O) groups is 1. The van der Waals surface area contributed by atoms with Gasteiger partial charge in [0, 0.05) is 31.2 Å². The minimum absolute atomic E-state index is 0. The van der Waals surface area contributed by atoms with Crippen molar-refractivity contribution in [1.29, 1.82) is 0 Å². The number of nitrogens with zero attached hydrogens (tertiary/aromatic N) is 2. The van der Waals surface area contributed by atoms with Crippen LogP contribution in [0.1, 0.15) is 24.2 Å². The maximum absolute atomic E-state index is 12.4. The van der Waals surface area contributed by atoms with Gasteiger partial charge in [-0.15, -0.1) is 12.4 Å². The number of benzene rings is 1. The molecule has 1 aliphatic rings. The fraction of sp³-hybridized carbons (Fsp3) is 0.462. The quantitative estimate of drug-likeness (QED) is 0.668. The second-order valence-corrected chi connectivity index (χ2v) is 4.95. The number of carbonyl (C=O) groups excluding carboxylic acids is 1. The summed E-state index contributed by atoms with van der Waals surface area (Å²) in [7, 11) is 0. The van der Waals surface area contributed by atoms with E-state index in [1.807, 2.05) is 13.8 Å². The van der Waals surface area contributed by atoms with E-state index < -0.39 is 4.92 Å². The predicted molar refractivity (Wildman–Crippen MR) is 78.3 cm³/mol. The van der Waals surface area contributed by atoms with Crippen molar-refractivity contribution in [1.82, 2.24) is 10.2 Å². The first-order valence-corrected chi connectivity index (χ1v) is 6.27. The van der Waals surface area contributed by atoms with Gasteiger partial charge in [0.2, 0.25) is 0 Å². The van der Waals surface area contributed by atoms with Crippen LogP contribution in [0.4, 0.5) is 5.69 Å². The lowest BCUT2D eigenvalue weighted by Gasteiger charge is -2.36. The highest BCUT2D eigenvalue weighted by molar-refractivity contribution is 5.98. The first-order valence-electron chi connectivity index (χ1n) is 6.27. The largest absolute Gasteiger partial charge is 0.335 e. The molecule has 0 saturated carbocycles. The molecular weight excluding hydrogens is 282 g/mol. The van der Waals surface area contributed by atoms with E-state index >= 15 is 0 Å². The number of halogens is 1. The number of hydrogen-bond acceptors (Lipinski definition) is 4. The number of nitro groups is 1. The van der Waals surface area contributed by atoms with Crippen molar-refractivity contribution in [3.63, 3.8) is 0 Å². The molecule has 1 N–H and O–H groups in total. The number of nitrogens with one attached hydrogen (secondary N) is 1. The SMILES string of the molecule is CC1CN(C(=O)c2ccccc2[N+](=O)[O-])CC(C)N1.Cl. The Balaban J connectivity index is 0.00000200. The molecule has 2 rings (SSSR count). The summed E-state index contributed by atoms with van der Waals surface area (Å²) in [6.45, 7) is 5.12. The monoisotopic (exact) mass is 299 g/mol. The van der Waals surface area contributed by atoms with Crippen LogP contribution in [0.15, 0.2) is 24.3 Å². The van der Waals surface area contributed by atoms with Crippen LogP contribution in [0.2, 0.25) is 0 Å². The molecule has 1 fully saturated rings. The van der Waals surface area contributed by atoms with Gasteiger partial charge < -0.3 is 10.2 Å². The van der Waals surface area contributed by atoms with Crippen molar-refractivity contribution in [3.8, 4) is 0 Å². The zero-order valence-corrected chi connectivity index (χ0v) is 12.2. The minimum atomic E-state index is -0.512. The lowest BCUT2D eigenvalue weighted by Crippen LogP contribution is -2.55. The molecule has 0 radical (unpaired) electrons. The molecule has 1 amide bonds. The smallest absolute Gasteiger partial charge is 0.282 e. The molecule has 7 heteroatoms. The van der Waals surface area contributed by atoms with Crippen LogP contribution in [0.3, 0.4) is 0 Å². The predicted octanol–water partition coefficient (Wildman–Crippen LogP) is 1.84. The molecule has 1 aliphatic heterocycles. The Morgan fingerprint density at radius 1 is 1.30 bits per heavy atom. The molecule has 6 nitrogen and oxygen atoms in total. The highest BCUT2D eigenvalue weighted by Crippen LogP contribution is 2.20. The highest BCUT2D eigenvalue weighted by atomic mass is 35.5. The normalized spacial score (nSPS) is 22.0. The van der Waals surface area contributed by atoms with E-state index in [0.717, 1.165) is 0 Å². The molecule has 110 valence electrons. The van der Waals surface area contributed by atoms with Gasteiger partial charge in [0.1, 0.15) is 5.56 Å². The summed E-state index contributed by atoms with van der Waals surface area (Å²) in [4.78, 5) is 24.5. The van der Waals surface area contributed by atoms with Crippen LogP contribution in [0, 0.1) is 10.1 Å². The van der Waals surface area contributed by atoms with Gasteiger partial charge in [-0.1, -0.05) is 12.1 Å². The molecule has 2 atom stereocenters. The van der Waals surface area contributed by atoms with Crippen LogP contribution in [0.5, 0.6) is 0 Å². The summed E-state index contributed by atoms with van der Waals surface area (Å²) in [5.41, 5.74) is 0.0279. The maximum Gasteiger partial charge on any atom is 0.282 e. The number of amides is 1. The summed E-state index contributed by atoms with van der Waals surface area (Å²) in [5.74, 6) is -0.271. The summed E-state index contributed by atoms with van der Waals surface area (Å²) in [5, 5.41) is 14.3. The van der Waals surface area contributed by atoms with E-state index in [1.54, 1.807) is 17.0 Å². The van der Waals surface area contributed by atoms with Gasteiger partial charge in [-0.25, -0.2) is 0 Å².